The average molecular weight is 368 g/mol. The summed E-state index contributed by atoms with van der Waals surface area (Å²) in [5.74, 6) is 0.755. The molecule has 0 amide bonds. The first-order valence-electron chi connectivity index (χ1n) is 7.80. The third kappa shape index (κ3) is 2.91. The van der Waals surface area contributed by atoms with Gasteiger partial charge in [0.15, 0.2) is 0 Å². The summed E-state index contributed by atoms with van der Waals surface area (Å²) in [7, 11) is 0. The summed E-state index contributed by atoms with van der Waals surface area (Å²) in [6.45, 7) is 8.19. The van der Waals surface area contributed by atoms with Gasteiger partial charge >= 0.3 is 0 Å². The Balaban J connectivity index is 1.81. The van der Waals surface area contributed by atoms with Crippen molar-refractivity contribution in [1.29, 1.82) is 0 Å². The zero-order valence-electron chi connectivity index (χ0n) is 14.3. The predicted molar refractivity (Wildman–Crippen MR) is 99.6 cm³/mol. The average Bonchev–Trinajstić information content (AvgIpc) is 3.13. The number of nitrogens with zero attached hydrogens (tertiary/aromatic N) is 6. The highest BCUT2D eigenvalue weighted by Crippen LogP contribution is 2.37. The van der Waals surface area contributed by atoms with Crippen LogP contribution in [0.3, 0.4) is 0 Å². The molecule has 0 aliphatic heterocycles. The van der Waals surface area contributed by atoms with Gasteiger partial charge in [-0.3, -0.25) is 0 Å². The van der Waals surface area contributed by atoms with Crippen LogP contribution in [-0.2, 0) is 0 Å². The van der Waals surface area contributed by atoms with Crippen molar-refractivity contribution in [3.05, 3.63) is 46.1 Å². The van der Waals surface area contributed by atoms with Crippen molar-refractivity contribution in [1.82, 2.24) is 30.2 Å². The summed E-state index contributed by atoms with van der Waals surface area (Å²) in [6, 6.07) is 8.11. The van der Waals surface area contributed by atoms with E-state index in [0.717, 1.165) is 26.8 Å². The van der Waals surface area contributed by atoms with E-state index in [4.69, 9.17) is 0 Å². The van der Waals surface area contributed by atoms with Crippen LogP contribution >= 0.6 is 23.1 Å². The van der Waals surface area contributed by atoms with Crippen LogP contribution in [0.2, 0.25) is 0 Å². The van der Waals surface area contributed by atoms with Crippen LogP contribution in [0.15, 0.2) is 34.4 Å². The number of aromatic nitrogens is 6. The molecule has 0 fully saturated rings. The molecule has 0 aliphatic carbocycles. The molecule has 126 valence electrons. The van der Waals surface area contributed by atoms with Crippen molar-refractivity contribution < 1.29 is 0 Å². The lowest BCUT2D eigenvalue weighted by atomic mass is 10.2. The predicted octanol–water partition coefficient (Wildman–Crippen LogP) is 4.05. The van der Waals surface area contributed by atoms with Gasteiger partial charge in [0.2, 0.25) is 5.16 Å². The number of hydrogen-bond donors (Lipinski definition) is 0. The molecule has 3 aromatic heterocycles. The van der Waals surface area contributed by atoms with E-state index in [-0.39, 0.29) is 0 Å². The second kappa shape index (κ2) is 6.20. The maximum Gasteiger partial charge on any atom is 0.220 e. The Morgan fingerprint density at radius 1 is 1.00 bits per heavy atom. The Morgan fingerprint density at radius 2 is 1.76 bits per heavy atom. The van der Waals surface area contributed by atoms with Gasteiger partial charge in [-0.15, -0.1) is 16.4 Å². The van der Waals surface area contributed by atoms with Crippen LogP contribution < -0.4 is 0 Å². The highest BCUT2D eigenvalue weighted by atomic mass is 32.2. The zero-order chi connectivity index (χ0) is 17.6. The van der Waals surface area contributed by atoms with E-state index < -0.39 is 0 Å². The van der Waals surface area contributed by atoms with Gasteiger partial charge < -0.3 is 0 Å². The van der Waals surface area contributed by atoms with E-state index >= 15 is 0 Å². The fourth-order valence-electron chi connectivity index (χ4n) is 2.57. The van der Waals surface area contributed by atoms with E-state index in [2.05, 4.69) is 46.3 Å². The minimum Gasteiger partial charge on any atom is -0.226 e. The molecule has 0 atom stereocenters. The van der Waals surface area contributed by atoms with Gasteiger partial charge in [0.25, 0.3) is 0 Å². The van der Waals surface area contributed by atoms with Gasteiger partial charge in [-0.25, -0.2) is 9.97 Å². The number of fused-ring (bicyclic) bond motifs is 1. The molecule has 0 N–H and O–H groups in total. The topological polar surface area (TPSA) is 69.4 Å². The van der Waals surface area contributed by atoms with Crippen LogP contribution in [-0.4, -0.2) is 30.2 Å². The van der Waals surface area contributed by atoms with Gasteiger partial charge in [-0.1, -0.05) is 17.7 Å². The van der Waals surface area contributed by atoms with Crippen molar-refractivity contribution >= 4 is 33.3 Å². The third-order valence-corrected chi connectivity index (χ3v) is 6.04. The Hall–Kier alpha value is -2.32. The lowest BCUT2D eigenvalue weighted by Gasteiger charge is -2.06. The van der Waals surface area contributed by atoms with Crippen molar-refractivity contribution in [3.8, 4) is 5.69 Å². The van der Waals surface area contributed by atoms with Gasteiger partial charge in [0, 0.05) is 10.3 Å². The van der Waals surface area contributed by atoms with E-state index in [1.807, 2.05) is 31.2 Å². The van der Waals surface area contributed by atoms with Crippen LogP contribution in [0, 0.1) is 27.7 Å². The number of hydrogen-bond acceptors (Lipinski definition) is 7. The molecule has 0 saturated heterocycles. The monoisotopic (exact) mass is 368 g/mol. The highest BCUT2D eigenvalue weighted by molar-refractivity contribution is 7.99. The van der Waals surface area contributed by atoms with Gasteiger partial charge in [0.05, 0.1) is 5.69 Å². The maximum atomic E-state index is 4.65. The van der Waals surface area contributed by atoms with Crippen LogP contribution in [0.25, 0.3) is 15.9 Å². The molecule has 4 aromatic rings. The summed E-state index contributed by atoms with van der Waals surface area (Å²) < 4.78 is 1.74. The number of aryl methyl sites for hydroxylation is 4. The second-order valence-electron chi connectivity index (χ2n) is 5.85. The molecule has 0 unspecified atom stereocenters. The summed E-state index contributed by atoms with van der Waals surface area (Å²) in [6.07, 6.45) is 0. The smallest absolute Gasteiger partial charge is 0.220 e. The van der Waals surface area contributed by atoms with Gasteiger partial charge in [-0.2, -0.15) is 4.68 Å². The first kappa shape index (κ1) is 16.2. The number of rotatable bonds is 3. The third-order valence-electron chi connectivity index (χ3n) is 4.01. The van der Waals surface area contributed by atoms with Crippen molar-refractivity contribution in [2.45, 2.75) is 37.9 Å². The van der Waals surface area contributed by atoms with Crippen LogP contribution in [0.1, 0.15) is 21.8 Å². The molecule has 6 nitrogen and oxygen atoms in total. The molecule has 1 aromatic carbocycles. The molecule has 3 heterocycles. The number of tetrazole rings is 1. The normalized spacial score (nSPS) is 11.4. The Kier molecular flexibility index (Phi) is 4.01. The summed E-state index contributed by atoms with van der Waals surface area (Å²) in [5, 5.41) is 14.9. The Labute approximate surface area is 153 Å². The number of benzene rings is 1. The summed E-state index contributed by atoms with van der Waals surface area (Å²) in [5.41, 5.74) is 3.35. The fraction of sp³-hybridized carbons (Fsp3) is 0.235. The minimum absolute atomic E-state index is 0.687. The van der Waals surface area contributed by atoms with E-state index in [1.54, 1.807) is 16.0 Å². The first-order valence-corrected chi connectivity index (χ1v) is 9.44. The molecule has 0 saturated carbocycles. The first-order chi connectivity index (χ1) is 12.0. The Morgan fingerprint density at radius 3 is 2.52 bits per heavy atom. The van der Waals surface area contributed by atoms with Gasteiger partial charge in [0.1, 0.15) is 15.7 Å². The van der Waals surface area contributed by atoms with E-state index in [9.17, 15) is 0 Å². The molecular formula is C17H16N6S2. The molecule has 4 rings (SSSR count). The van der Waals surface area contributed by atoms with Crippen molar-refractivity contribution in [2.24, 2.45) is 0 Å². The minimum atomic E-state index is 0.687. The highest BCUT2D eigenvalue weighted by Gasteiger charge is 2.18. The van der Waals surface area contributed by atoms with Crippen LogP contribution in [0.5, 0.6) is 0 Å². The fourth-order valence-corrected chi connectivity index (χ4v) is 4.71. The second-order valence-corrected chi connectivity index (χ2v) is 8.01. The molecule has 0 spiro atoms. The van der Waals surface area contributed by atoms with Crippen LogP contribution in [0.4, 0.5) is 0 Å². The molecule has 0 bridgehead atoms. The van der Waals surface area contributed by atoms with Crippen molar-refractivity contribution in [2.75, 3.05) is 0 Å². The Bertz CT molecular complexity index is 1060. The molecule has 0 radical (unpaired) electrons. The number of thiophene rings is 1. The zero-order valence-corrected chi connectivity index (χ0v) is 15.9. The standard InChI is InChI=1S/C17H16N6S2/c1-9-5-7-13(8-6-9)23-17(20-21-22-23)25-16-14-10(2)11(3)24-15(14)18-12(4)19-16/h5-8H,1-4H3. The quantitative estimate of drug-likeness (QED) is 0.508. The van der Waals surface area contributed by atoms with E-state index in [0.29, 0.717) is 5.16 Å². The van der Waals surface area contributed by atoms with E-state index in [1.165, 1.54) is 27.8 Å². The van der Waals surface area contributed by atoms with Gasteiger partial charge in [-0.05, 0) is 67.6 Å². The van der Waals surface area contributed by atoms with Crippen molar-refractivity contribution in [3.63, 3.8) is 0 Å². The molecule has 0 aliphatic rings. The molecule has 25 heavy (non-hydrogen) atoms. The summed E-state index contributed by atoms with van der Waals surface area (Å²) in [4.78, 5) is 11.5. The SMILES string of the molecule is Cc1ccc(-n2nnnc2Sc2nc(C)nc3sc(C)c(C)c23)cc1. The lowest BCUT2D eigenvalue weighted by molar-refractivity contribution is 0.755. The largest absolute Gasteiger partial charge is 0.226 e. The molecule has 8 heteroatoms. The maximum absolute atomic E-state index is 4.65. The summed E-state index contributed by atoms with van der Waals surface area (Å²) >= 11 is 3.17. The molecular weight excluding hydrogens is 352 g/mol. The lowest BCUT2D eigenvalue weighted by Crippen LogP contribution is -2.00.